The molecular weight excluding hydrogens is 523 g/mol. The molecule has 7 rings (SSSR count). The first-order valence-electron chi connectivity index (χ1n) is 14.2. The normalized spacial score (nSPS) is 22.8. The SMILES string of the molecule is O=C(c1ccccc1)[C@@H]1[C@H](c2ccccc2)N[C@@]2(C(=O)N(Cc3ccccc3)c3ccccc32)[C@H]1c1ccc(F)cc1. The van der Waals surface area contributed by atoms with Gasteiger partial charge >= 0.3 is 0 Å². The Morgan fingerprint density at radius 3 is 2.00 bits per heavy atom. The fourth-order valence-corrected chi connectivity index (χ4v) is 6.91. The minimum absolute atomic E-state index is 0.0602. The third kappa shape index (κ3) is 4.16. The standard InChI is InChI=1S/C37H29FN2O2/c38-29-22-20-26(21-23-29)33-32(35(41)28-16-8-3-9-17-28)34(27-14-6-2-7-15-27)39-37(33)30-18-10-11-19-31(30)40(36(37)42)24-25-12-4-1-5-13-25/h1-23,32-34,39H,24H2/t32-,33-,34-,37+/m0/s1. The predicted octanol–water partition coefficient (Wildman–Crippen LogP) is 7.20. The molecule has 2 heterocycles. The summed E-state index contributed by atoms with van der Waals surface area (Å²) in [6.45, 7) is 0.392. The number of amides is 1. The molecule has 1 fully saturated rings. The largest absolute Gasteiger partial charge is 0.306 e. The summed E-state index contributed by atoms with van der Waals surface area (Å²) in [7, 11) is 0. The van der Waals surface area contributed by atoms with E-state index in [-0.39, 0.29) is 17.5 Å². The molecule has 0 saturated carbocycles. The summed E-state index contributed by atoms with van der Waals surface area (Å²) in [4.78, 5) is 31.4. The summed E-state index contributed by atoms with van der Waals surface area (Å²) < 4.78 is 14.3. The molecular formula is C37H29FN2O2. The van der Waals surface area contributed by atoms with E-state index >= 15 is 4.79 Å². The van der Waals surface area contributed by atoms with Crippen LogP contribution in [0.2, 0.25) is 0 Å². The van der Waals surface area contributed by atoms with E-state index < -0.39 is 23.4 Å². The number of fused-ring (bicyclic) bond motifs is 2. The van der Waals surface area contributed by atoms with Gasteiger partial charge in [-0.25, -0.2) is 4.39 Å². The average molecular weight is 553 g/mol. The van der Waals surface area contributed by atoms with Gasteiger partial charge < -0.3 is 4.90 Å². The summed E-state index contributed by atoms with van der Waals surface area (Å²) in [6.07, 6.45) is 0. The zero-order valence-electron chi connectivity index (χ0n) is 22.9. The lowest BCUT2D eigenvalue weighted by atomic mass is 9.69. The summed E-state index contributed by atoms with van der Waals surface area (Å²) in [5, 5.41) is 3.76. The van der Waals surface area contributed by atoms with Crippen LogP contribution in [0.25, 0.3) is 0 Å². The Morgan fingerprint density at radius 2 is 1.31 bits per heavy atom. The quantitative estimate of drug-likeness (QED) is 0.227. The number of benzene rings is 5. The zero-order valence-corrected chi connectivity index (χ0v) is 22.9. The first kappa shape index (κ1) is 26.1. The van der Waals surface area contributed by atoms with Gasteiger partial charge in [-0.2, -0.15) is 0 Å². The number of halogens is 1. The topological polar surface area (TPSA) is 49.4 Å². The van der Waals surface area contributed by atoms with Crippen molar-refractivity contribution in [2.24, 2.45) is 5.92 Å². The second kappa shape index (κ2) is 10.5. The molecule has 2 aliphatic heterocycles. The van der Waals surface area contributed by atoms with E-state index in [1.165, 1.54) is 12.1 Å². The van der Waals surface area contributed by atoms with Gasteiger partial charge in [-0.05, 0) is 34.9 Å². The lowest BCUT2D eigenvalue weighted by Crippen LogP contribution is -2.50. The molecule has 2 aliphatic rings. The van der Waals surface area contributed by atoms with E-state index in [2.05, 4.69) is 5.32 Å². The molecule has 4 atom stereocenters. The third-order valence-electron chi connectivity index (χ3n) is 8.70. The highest BCUT2D eigenvalue weighted by molar-refractivity contribution is 6.10. The molecule has 42 heavy (non-hydrogen) atoms. The van der Waals surface area contributed by atoms with Gasteiger partial charge in [-0.3, -0.25) is 14.9 Å². The van der Waals surface area contributed by atoms with Crippen molar-refractivity contribution < 1.29 is 14.0 Å². The highest BCUT2D eigenvalue weighted by Crippen LogP contribution is 2.59. The number of Topliss-reactive ketones (excluding diaryl/α,β-unsaturated/α-hetero) is 1. The Kier molecular flexibility index (Phi) is 6.52. The Labute approximate surface area is 244 Å². The fraction of sp³-hybridized carbons (Fsp3) is 0.135. The smallest absolute Gasteiger partial charge is 0.252 e. The minimum Gasteiger partial charge on any atom is -0.306 e. The van der Waals surface area contributed by atoms with Crippen molar-refractivity contribution in [1.29, 1.82) is 0 Å². The molecule has 1 amide bonds. The number of hydrogen-bond donors (Lipinski definition) is 1. The van der Waals surface area contributed by atoms with Gasteiger partial charge in [0.25, 0.3) is 5.91 Å². The summed E-state index contributed by atoms with van der Waals surface area (Å²) in [5.41, 5.74) is 3.62. The van der Waals surface area contributed by atoms with E-state index in [4.69, 9.17) is 0 Å². The number of nitrogens with zero attached hydrogens (tertiary/aromatic N) is 1. The maximum atomic E-state index is 15.0. The summed E-state index contributed by atoms with van der Waals surface area (Å²) >= 11 is 0. The Morgan fingerprint density at radius 1 is 0.714 bits per heavy atom. The molecule has 0 aliphatic carbocycles. The van der Waals surface area contributed by atoms with Crippen molar-refractivity contribution in [1.82, 2.24) is 5.32 Å². The summed E-state index contributed by atoms with van der Waals surface area (Å²) in [6, 6.07) is 42.6. The van der Waals surface area contributed by atoms with Crippen LogP contribution in [0, 0.1) is 11.7 Å². The van der Waals surface area contributed by atoms with Crippen molar-refractivity contribution in [3.05, 3.63) is 173 Å². The van der Waals surface area contributed by atoms with Crippen LogP contribution in [0.15, 0.2) is 140 Å². The highest BCUT2D eigenvalue weighted by atomic mass is 19.1. The predicted molar refractivity (Wildman–Crippen MR) is 161 cm³/mol. The molecule has 5 aromatic carbocycles. The maximum absolute atomic E-state index is 15.0. The number of rotatable bonds is 6. The van der Waals surface area contributed by atoms with Crippen LogP contribution in [-0.2, 0) is 16.9 Å². The van der Waals surface area contributed by atoms with Crippen molar-refractivity contribution in [2.45, 2.75) is 24.0 Å². The van der Waals surface area contributed by atoms with Crippen LogP contribution < -0.4 is 10.2 Å². The number of anilines is 1. The van der Waals surface area contributed by atoms with Crippen LogP contribution in [0.3, 0.4) is 0 Å². The Bertz CT molecular complexity index is 1740. The van der Waals surface area contributed by atoms with Crippen molar-refractivity contribution >= 4 is 17.4 Å². The summed E-state index contributed by atoms with van der Waals surface area (Å²) in [5.74, 6) is -1.80. The van der Waals surface area contributed by atoms with Gasteiger partial charge in [-0.15, -0.1) is 0 Å². The fourth-order valence-electron chi connectivity index (χ4n) is 6.91. The molecule has 0 radical (unpaired) electrons. The Hall–Kier alpha value is -4.87. The van der Waals surface area contributed by atoms with Crippen molar-refractivity contribution in [2.75, 3.05) is 4.90 Å². The molecule has 4 nitrogen and oxygen atoms in total. The van der Waals surface area contributed by atoms with E-state index in [1.54, 1.807) is 12.1 Å². The van der Waals surface area contributed by atoms with Crippen LogP contribution in [-0.4, -0.2) is 11.7 Å². The maximum Gasteiger partial charge on any atom is 0.252 e. The van der Waals surface area contributed by atoms with E-state index in [0.717, 1.165) is 27.9 Å². The second-order valence-corrected chi connectivity index (χ2v) is 11.0. The van der Waals surface area contributed by atoms with Crippen molar-refractivity contribution in [3.63, 3.8) is 0 Å². The minimum atomic E-state index is -1.25. The van der Waals surface area contributed by atoms with Gasteiger partial charge in [0.1, 0.15) is 11.4 Å². The molecule has 0 unspecified atom stereocenters. The highest BCUT2D eigenvalue weighted by Gasteiger charge is 2.65. The van der Waals surface area contributed by atoms with Crippen LogP contribution in [0.1, 0.15) is 44.6 Å². The number of ketones is 1. The zero-order chi connectivity index (χ0) is 28.7. The first-order chi connectivity index (χ1) is 20.6. The first-order valence-corrected chi connectivity index (χ1v) is 14.2. The number of nitrogens with one attached hydrogen (secondary N) is 1. The van der Waals surface area contributed by atoms with Gasteiger partial charge in [0, 0.05) is 28.8 Å². The van der Waals surface area contributed by atoms with E-state index in [1.807, 2.05) is 120 Å². The van der Waals surface area contributed by atoms with E-state index in [0.29, 0.717) is 12.1 Å². The average Bonchev–Trinajstić information content (AvgIpc) is 3.52. The monoisotopic (exact) mass is 552 g/mol. The lowest BCUT2D eigenvalue weighted by molar-refractivity contribution is -0.124. The number of carbonyl (C=O) groups excluding carboxylic acids is 2. The van der Waals surface area contributed by atoms with Gasteiger partial charge in [-0.1, -0.05) is 121 Å². The van der Waals surface area contributed by atoms with Crippen LogP contribution in [0.4, 0.5) is 10.1 Å². The third-order valence-corrected chi connectivity index (χ3v) is 8.70. The Balaban J connectivity index is 1.47. The molecule has 1 N–H and O–H groups in total. The molecule has 1 spiro atoms. The van der Waals surface area contributed by atoms with Crippen LogP contribution in [0.5, 0.6) is 0 Å². The second-order valence-electron chi connectivity index (χ2n) is 11.0. The molecule has 5 aromatic rings. The van der Waals surface area contributed by atoms with Gasteiger partial charge in [0.05, 0.1) is 12.5 Å². The molecule has 206 valence electrons. The number of carbonyl (C=O) groups is 2. The van der Waals surface area contributed by atoms with E-state index in [9.17, 15) is 9.18 Å². The molecule has 0 aromatic heterocycles. The molecule has 0 bridgehead atoms. The van der Waals surface area contributed by atoms with Crippen molar-refractivity contribution in [3.8, 4) is 0 Å². The number of hydrogen-bond acceptors (Lipinski definition) is 3. The molecule has 1 saturated heterocycles. The van der Waals surface area contributed by atoms with Crippen LogP contribution >= 0.6 is 0 Å². The lowest BCUT2D eigenvalue weighted by Gasteiger charge is -2.33. The molecule has 5 heteroatoms. The number of para-hydroxylation sites is 1. The van der Waals surface area contributed by atoms with Gasteiger partial charge in [0.15, 0.2) is 5.78 Å². The van der Waals surface area contributed by atoms with Gasteiger partial charge in [0.2, 0.25) is 0 Å².